The maximum Gasteiger partial charge on any atom is 0.573 e. The first-order valence-corrected chi connectivity index (χ1v) is 10.8. The number of nitrogens with one attached hydrogen (secondary N) is 1. The van der Waals surface area contributed by atoms with Crippen molar-refractivity contribution in [2.75, 3.05) is 0 Å². The molecule has 0 saturated heterocycles. The van der Waals surface area contributed by atoms with Gasteiger partial charge in [0.25, 0.3) is 5.91 Å². The van der Waals surface area contributed by atoms with Crippen LogP contribution >= 0.6 is 0 Å². The lowest BCUT2D eigenvalue weighted by Crippen LogP contribution is -2.49. The van der Waals surface area contributed by atoms with Crippen LogP contribution in [0, 0.1) is 12.3 Å². The van der Waals surface area contributed by atoms with E-state index >= 15 is 0 Å². The minimum Gasteiger partial charge on any atom is -0.487 e. The molecule has 0 bridgehead atoms. The zero-order valence-electron chi connectivity index (χ0n) is 19.7. The summed E-state index contributed by atoms with van der Waals surface area (Å²) >= 11 is 0. The molecule has 3 aromatic rings. The number of rotatable bonds is 7. The summed E-state index contributed by atoms with van der Waals surface area (Å²) in [7, 11) is 0. The summed E-state index contributed by atoms with van der Waals surface area (Å²) in [6.45, 7) is 6.97. The highest BCUT2D eigenvalue weighted by Gasteiger charge is 2.34. The highest BCUT2D eigenvalue weighted by Crippen LogP contribution is 2.33. The van der Waals surface area contributed by atoms with Crippen LogP contribution in [0.1, 0.15) is 42.3 Å². The molecule has 2 N–H and O–H groups in total. The van der Waals surface area contributed by atoms with Crippen molar-refractivity contribution >= 4 is 22.6 Å². The second kappa shape index (κ2) is 9.85. The number of hydrogen-bond donors (Lipinski definition) is 2. The molecule has 0 aromatic heterocycles. The third-order valence-electron chi connectivity index (χ3n) is 5.30. The number of fused-ring (bicyclic) bond motifs is 1. The molecule has 6 nitrogen and oxygen atoms in total. The van der Waals surface area contributed by atoms with E-state index in [0.717, 1.165) is 10.9 Å². The Morgan fingerprint density at radius 1 is 1.00 bits per heavy atom. The van der Waals surface area contributed by atoms with E-state index < -0.39 is 29.7 Å². The van der Waals surface area contributed by atoms with Crippen molar-refractivity contribution in [3.63, 3.8) is 0 Å². The van der Waals surface area contributed by atoms with Gasteiger partial charge in [-0.3, -0.25) is 4.79 Å². The number of aryl methyl sites for hydroxylation is 1. The predicted octanol–water partition coefficient (Wildman–Crippen LogP) is 5.85. The van der Waals surface area contributed by atoms with E-state index in [4.69, 9.17) is 4.74 Å². The molecule has 0 saturated carbocycles. The van der Waals surface area contributed by atoms with Gasteiger partial charge in [0, 0.05) is 5.39 Å². The molecule has 0 spiro atoms. The molecule has 0 aliphatic rings. The molecular weight excluding hydrogens is 463 g/mol. The molecule has 35 heavy (non-hydrogen) atoms. The summed E-state index contributed by atoms with van der Waals surface area (Å²) < 4.78 is 47.1. The molecule has 0 aliphatic carbocycles. The summed E-state index contributed by atoms with van der Waals surface area (Å²) in [4.78, 5) is 24.9. The molecule has 0 radical (unpaired) electrons. The van der Waals surface area contributed by atoms with Crippen molar-refractivity contribution in [2.45, 2.75) is 46.7 Å². The number of aliphatic carboxylic acids is 1. The van der Waals surface area contributed by atoms with Crippen molar-refractivity contribution in [1.82, 2.24) is 5.32 Å². The van der Waals surface area contributed by atoms with Crippen LogP contribution in [0.4, 0.5) is 13.2 Å². The van der Waals surface area contributed by atoms with Crippen LogP contribution in [0.2, 0.25) is 0 Å². The van der Waals surface area contributed by atoms with Gasteiger partial charge in [-0.1, -0.05) is 56.7 Å². The lowest BCUT2D eigenvalue weighted by atomic mass is 9.86. The number of carbonyl (C=O) groups is 2. The Morgan fingerprint density at radius 2 is 1.63 bits per heavy atom. The molecule has 9 heteroatoms. The van der Waals surface area contributed by atoms with E-state index in [-0.39, 0.29) is 23.7 Å². The first-order valence-electron chi connectivity index (χ1n) is 10.8. The highest BCUT2D eigenvalue weighted by molar-refractivity contribution is 6.05. The van der Waals surface area contributed by atoms with E-state index in [1.807, 2.05) is 25.1 Å². The Kier molecular flexibility index (Phi) is 7.28. The summed E-state index contributed by atoms with van der Waals surface area (Å²) in [5, 5.41) is 13.6. The van der Waals surface area contributed by atoms with Gasteiger partial charge in [0.1, 0.15) is 24.1 Å². The summed E-state index contributed by atoms with van der Waals surface area (Å²) in [5.74, 6) is -1.88. The van der Waals surface area contributed by atoms with Crippen LogP contribution in [-0.2, 0) is 11.4 Å². The second-order valence-electron chi connectivity index (χ2n) is 9.26. The predicted molar refractivity (Wildman–Crippen MR) is 124 cm³/mol. The maximum atomic E-state index is 13.2. The number of hydrogen-bond acceptors (Lipinski definition) is 4. The van der Waals surface area contributed by atoms with Gasteiger partial charge in [0.2, 0.25) is 0 Å². The van der Waals surface area contributed by atoms with E-state index in [2.05, 4.69) is 10.1 Å². The van der Waals surface area contributed by atoms with Crippen LogP contribution in [-0.4, -0.2) is 29.4 Å². The van der Waals surface area contributed by atoms with Crippen molar-refractivity contribution in [3.8, 4) is 11.5 Å². The van der Waals surface area contributed by atoms with Gasteiger partial charge >= 0.3 is 12.3 Å². The van der Waals surface area contributed by atoms with E-state index in [9.17, 15) is 27.9 Å². The van der Waals surface area contributed by atoms with Crippen LogP contribution in [0.25, 0.3) is 10.8 Å². The van der Waals surface area contributed by atoms with Crippen LogP contribution in [0.15, 0.2) is 54.6 Å². The first-order chi connectivity index (χ1) is 16.2. The average molecular weight is 489 g/mol. The minimum atomic E-state index is -4.79. The van der Waals surface area contributed by atoms with Gasteiger partial charge in [0.05, 0.1) is 5.56 Å². The molecule has 186 valence electrons. The molecule has 1 atom stereocenters. The van der Waals surface area contributed by atoms with Gasteiger partial charge in [-0.2, -0.15) is 0 Å². The topological polar surface area (TPSA) is 84.9 Å². The molecule has 3 aromatic carbocycles. The smallest absolute Gasteiger partial charge is 0.487 e. The van der Waals surface area contributed by atoms with Gasteiger partial charge in [0.15, 0.2) is 0 Å². The average Bonchev–Trinajstić information content (AvgIpc) is 2.74. The number of carbonyl (C=O) groups excluding carboxylic acids is 1. The first kappa shape index (κ1) is 25.9. The molecule has 0 fully saturated rings. The fourth-order valence-corrected chi connectivity index (χ4v) is 3.54. The van der Waals surface area contributed by atoms with Gasteiger partial charge in [-0.05, 0) is 47.6 Å². The zero-order valence-corrected chi connectivity index (χ0v) is 19.7. The molecule has 0 aliphatic heterocycles. The Hall–Kier alpha value is -3.75. The molecule has 1 amide bonds. The molecular formula is C26H26F3NO5. The maximum absolute atomic E-state index is 13.2. The fraction of sp³-hybridized carbons (Fsp3) is 0.308. The highest BCUT2D eigenvalue weighted by atomic mass is 19.4. The number of ether oxygens (including phenoxy) is 2. The van der Waals surface area contributed by atoms with Gasteiger partial charge < -0.3 is 19.9 Å². The largest absolute Gasteiger partial charge is 0.573 e. The third-order valence-corrected chi connectivity index (χ3v) is 5.30. The Balaban J connectivity index is 1.94. The molecule has 0 heterocycles. The Bertz CT molecular complexity index is 1230. The third kappa shape index (κ3) is 6.65. The number of amides is 1. The SMILES string of the molecule is Cc1ccc2ccc(C(=O)NC(C(=O)O)C(C)(C)C)c(OCc3ccc(OC(F)(F)F)cc3)c2c1. The molecule has 1 unspecified atom stereocenters. The van der Waals surface area contributed by atoms with Crippen molar-refractivity contribution in [2.24, 2.45) is 5.41 Å². The quantitative estimate of drug-likeness (QED) is 0.435. The number of benzene rings is 3. The van der Waals surface area contributed by atoms with Gasteiger partial charge in [-0.25, -0.2) is 4.79 Å². The van der Waals surface area contributed by atoms with E-state index in [0.29, 0.717) is 10.9 Å². The van der Waals surface area contributed by atoms with E-state index in [1.54, 1.807) is 32.9 Å². The zero-order chi connectivity index (χ0) is 26.0. The number of halogens is 3. The van der Waals surface area contributed by atoms with E-state index in [1.165, 1.54) is 24.3 Å². The second-order valence-corrected chi connectivity index (χ2v) is 9.26. The number of carboxylic acid groups (broad SMARTS) is 1. The molecule has 3 rings (SSSR count). The normalized spacial score (nSPS) is 12.8. The monoisotopic (exact) mass is 489 g/mol. The Labute approximate surface area is 200 Å². The lowest BCUT2D eigenvalue weighted by molar-refractivity contribution is -0.274. The van der Waals surface area contributed by atoms with Crippen molar-refractivity contribution in [1.29, 1.82) is 0 Å². The lowest BCUT2D eigenvalue weighted by Gasteiger charge is -2.28. The summed E-state index contributed by atoms with van der Waals surface area (Å²) in [6, 6.07) is 13.0. The number of carboxylic acids is 1. The summed E-state index contributed by atoms with van der Waals surface area (Å²) in [5.41, 5.74) is 0.881. The van der Waals surface area contributed by atoms with Crippen molar-refractivity contribution < 1.29 is 37.3 Å². The van der Waals surface area contributed by atoms with Crippen molar-refractivity contribution in [3.05, 3.63) is 71.3 Å². The van der Waals surface area contributed by atoms with Crippen LogP contribution in [0.5, 0.6) is 11.5 Å². The minimum absolute atomic E-state index is 0.0404. The van der Waals surface area contributed by atoms with Crippen LogP contribution < -0.4 is 14.8 Å². The van der Waals surface area contributed by atoms with Crippen LogP contribution in [0.3, 0.4) is 0 Å². The summed E-state index contributed by atoms with van der Waals surface area (Å²) in [6.07, 6.45) is -4.79. The Morgan fingerprint density at radius 3 is 2.20 bits per heavy atom. The fourth-order valence-electron chi connectivity index (χ4n) is 3.54. The number of alkyl halides is 3. The van der Waals surface area contributed by atoms with Gasteiger partial charge in [-0.15, -0.1) is 13.2 Å². The standard InChI is InChI=1S/C26H26F3NO5/c1-15-5-8-17-9-12-19(23(31)30-22(24(32)33)25(2,3)4)21(20(17)13-15)34-14-16-6-10-18(11-7-16)35-26(27,28)29/h5-13,22H,14H2,1-4H3,(H,30,31)(H,32,33).